The second kappa shape index (κ2) is 4.96. The Labute approximate surface area is 128 Å². The highest BCUT2D eigenvalue weighted by atomic mass is 32.2. The first kappa shape index (κ1) is 13.0. The Morgan fingerprint density at radius 1 is 1.43 bits per heavy atom. The van der Waals surface area contributed by atoms with Crippen LogP contribution in [0, 0.1) is 6.92 Å². The monoisotopic (exact) mass is 319 g/mol. The molecule has 0 saturated heterocycles. The maximum Gasteiger partial charge on any atom is 0.258 e. The first-order valence-corrected chi connectivity index (χ1v) is 8.59. The van der Waals surface area contributed by atoms with Crippen molar-refractivity contribution in [3.63, 3.8) is 0 Å². The molecule has 0 aromatic carbocycles. The van der Waals surface area contributed by atoms with Crippen molar-refractivity contribution in [3.8, 4) is 0 Å². The van der Waals surface area contributed by atoms with E-state index in [9.17, 15) is 4.79 Å². The zero-order valence-corrected chi connectivity index (χ0v) is 13.0. The molecule has 0 radical (unpaired) electrons. The topological polar surface area (TPSA) is 65.1 Å². The van der Waals surface area contributed by atoms with Gasteiger partial charge in [-0.25, -0.2) is 4.98 Å². The Bertz CT molecular complexity index is 861. The Kier molecular flexibility index (Phi) is 3.07. The molecule has 1 fully saturated rings. The molecule has 3 aromatic rings. The highest BCUT2D eigenvalue weighted by Gasteiger charge is 2.28. The highest BCUT2D eigenvalue weighted by molar-refractivity contribution is 7.98. The van der Waals surface area contributed by atoms with Crippen molar-refractivity contribution >= 4 is 28.1 Å². The first-order valence-electron chi connectivity index (χ1n) is 6.72. The molecule has 0 spiro atoms. The van der Waals surface area contributed by atoms with Crippen LogP contribution in [0.3, 0.4) is 0 Å². The fraction of sp³-hybridized carbons (Fsp3) is 0.385. The zero-order valence-electron chi connectivity index (χ0n) is 11.4. The fourth-order valence-electron chi connectivity index (χ4n) is 2.30. The minimum absolute atomic E-state index is 0.0308. The van der Waals surface area contributed by atoms with E-state index in [4.69, 9.17) is 0 Å². The molecule has 1 aliphatic carbocycles. The van der Waals surface area contributed by atoms with Gasteiger partial charge in [-0.1, -0.05) is 11.8 Å². The van der Waals surface area contributed by atoms with E-state index in [2.05, 4.69) is 19.7 Å². The minimum Gasteiger partial charge on any atom is -0.303 e. The van der Waals surface area contributed by atoms with Crippen LogP contribution in [-0.2, 0) is 5.75 Å². The number of rotatable bonds is 4. The zero-order chi connectivity index (χ0) is 14.4. The van der Waals surface area contributed by atoms with Crippen molar-refractivity contribution in [1.82, 2.24) is 24.1 Å². The summed E-state index contributed by atoms with van der Waals surface area (Å²) in [7, 11) is 0. The molecule has 108 valence electrons. The average Bonchev–Trinajstić information content (AvgIpc) is 3.05. The van der Waals surface area contributed by atoms with E-state index in [1.165, 1.54) is 24.2 Å². The van der Waals surface area contributed by atoms with Gasteiger partial charge in [-0.05, 0) is 19.8 Å². The molecule has 0 atom stereocenters. The van der Waals surface area contributed by atoms with Crippen LogP contribution in [0.25, 0.3) is 4.96 Å². The number of thiazole rings is 1. The maximum absolute atomic E-state index is 11.9. The molecular formula is C13H13N5OS2. The Balaban J connectivity index is 1.59. The van der Waals surface area contributed by atoms with Crippen molar-refractivity contribution in [1.29, 1.82) is 0 Å². The SMILES string of the molecule is Cc1nnc(SCc2cc(=O)n3ccsc3n2)n1C1CC1. The quantitative estimate of drug-likeness (QED) is 0.690. The van der Waals surface area contributed by atoms with Gasteiger partial charge >= 0.3 is 0 Å². The lowest BCUT2D eigenvalue weighted by Crippen LogP contribution is -2.12. The van der Waals surface area contributed by atoms with Crippen LogP contribution in [0.15, 0.2) is 27.6 Å². The van der Waals surface area contributed by atoms with E-state index < -0.39 is 0 Å². The van der Waals surface area contributed by atoms with Gasteiger partial charge in [0, 0.05) is 29.4 Å². The number of aromatic nitrogens is 5. The van der Waals surface area contributed by atoms with Gasteiger partial charge in [-0.2, -0.15) is 0 Å². The number of aryl methyl sites for hydroxylation is 1. The van der Waals surface area contributed by atoms with E-state index in [0.717, 1.165) is 21.6 Å². The van der Waals surface area contributed by atoms with Crippen molar-refractivity contribution < 1.29 is 0 Å². The molecule has 8 heteroatoms. The second-order valence-electron chi connectivity index (χ2n) is 5.06. The van der Waals surface area contributed by atoms with E-state index in [-0.39, 0.29) is 5.56 Å². The Morgan fingerprint density at radius 2 is 2.29 bits per heavy atom. The third-order valence-electron chi connectivity index (χ3n) is 3.45. The molecule has 4 rings (SSSR count). The van der Waals surface area contributed by atoms with Crippen LogP contribution < -0.4 is 5.56 Å². The van der Waals surface area contributed by atoms with Gasteiger partial charge in [-0.3, -0.25) is 9.20 Å². The molecule has 1 aliphatic rings. The van der Waals surface area contributed by atoms with E-state index >= 15 is 0 Å². The predicted molar refractivity (Wildman–Crippen MR) is 81.9 cm³/mol. The van der Waals surface area contributed by atoms with Crippen LogP contribution in [0.5, 0.6) is 0 Å². The number of nitrogens with zero attached hydrogens (tertiary/aromatic N) is 5. The summed E-state index contributed by atoms with van der Waals surface area (Å²) < 4.78 is 3.76. The van der Waals surface area contributed by atoms with Gasteiger partial charge in [0.2, 0.25) is 0 Å². The van der Waals surface area contributed by atoms with Crippen molar-refractivity contribution in [2.75, 3.05) is 0 Å². The molecule has 0 unspecified atom stereocenters. The minimum atomic E-state index is -0.0308. The lowest BCUT2D eigenvalue weighted by atomic mass is 10.4. The summed E-state index contributed by atoms with van der Waals surface area (Å²) in [6.07, 6.45) is 4.15. The summed E-state index contributed by atoms with van der Waals surface area (Å²) in [5.41, 5.74) is 0.757. The molecule has 3 aromatic heterocycles. The fourth-order valence-corrected chi connectivity index (χ4v) is 3.98. The number of hydrogen-bond donors (Lipinski definition) is 0. The number of fused-ring (bicyclic) bond motifs is 1. The van der Waals surface area contributed by atoms with E-state index in [1.54, 1.807) is 28.4 Å². The summed E-state index contributed by atoms with van der Waals surface area (Å²) in [6, 6.07) is 2.15. The highest BCUT2D eigenvalue weighted by Crippen LogP contribution is 2.38. The second-order valence-corrected chi connectivity index (χ2v) is 6.88. The van der Waals surface area contributed by atoms with Crippen LogP contribution in [0.2, 0.25) is 0 Å². The molecule has 0 aliphatic heterocycles. The maximum atomic E-state index is 11.9. The van der Waals surface area contributed by atoms with Crippen molar-refractivity contribution in [2.45, 2.75) is 36.7 Å². The standard InChI is InChI=1S/C13H13N5OS2/c1-8-15-16-13(18(8)10-2-3-10)21-7-9-6-11(19)17-4-5-20-12(17)14-9/h4-6,10H,2-3,7H2,1H3. The largest absolute Gasteiger partial charge is 0.303 e. The Morgan fingerprint density at radius 3 is 3.10 bits per heavy atom. The average molecular weight is 319 g/mol. The van der Waals surface area contributed by atoms with Gasteiger partial charge in [0.15, 0.2) is 10.1 Å². The van der Waals surface area contributed by atoms with Crippen molar-refractivity contribution in [3.05, 3.63) is 39.5 Å². The molecule has 6 nitrogen and oxygen atoms in total. The summed E-state index contributed by atoms with van der Waals surface area (Å²) >= 11 is 3.06. The first-order chi connectivity index (χ1) is 10.2. The molecule has 0 amide bonds. The molecule has 0 bridgehead atoms. The van der Waals surface area contributed by atoms with Crippen molar-refractivity contribution in [2.24, 2.45) is 0 Å². The summed E-state index contributed by atoms with van der Waals surface area (Å²) in [5, 5.41) is 11.2. The van der Waals surface area contributed by atoms with Crippen LogP contribution >= 0.6 is 23.1 Å². The van der Waals surface area contributed by atoms with Gasteiger partial charge in [0.25, 0.3) is 5.56 Å². The molecule has 21 heavy (non-hydrogen) atoms. The van der Waals surface area contributed by atoms with Crippen LogP contribution in [0.1, 0.15) is 30.4 Å². The van der Waals surface area contributed by atoms with Gasteiger partial charge in [-0.15, -0.1) is 21.5 Å². The molecule has 3 heterocycles. The molecule has 1 saturated carbocycles. The van der Waals surface area contributed by atoms with E-state index in [0.29, 0.717) is 11.8 Å². The molecule has 0 N–H and O–H groups in total. The van der Waals surface area contributed by atoms with Gasteiger partial charge in [0.05, 0.1) is 5.69 Å². The predicted octanol–water partition coefficient (Wildman–Crippen LogP) is 2.28. The lowest BCUT2D eigenvalue weighted by Gasteiger charge is -2.06. The van der Waals surface area contributed by atoms with Crippen LogP contribution in [0.4, 0.5) is 0 Å². The summed E-state index contributed by atoms with van der Waals surface area (Å²) in [5.74, 6) is 1.59. The van der Waals surface area contributed by atoms with Gasteiger partial charge in [0.1, 0.15) is 5.82 Å². The van der Waals surface area contributed by atoms with E-state index in [1.807, 2.05) is 12.3 Å². The normalized spacial score (nSPS) is 14.9. The summed E-state index contributed by atoms with van der Waals surface area (Å²) in [4.78, 5) is 17.2. The molecular weight excluding hydrogens is 306 g/mol. The number of thioether (sulfide) groups is 1. The van der Waals surface area contributed by atoms with Gasteiger partial charge < -0.3 is 4.57 Å². The Hall–Kier alpha value is -1.67. The smallest absolute Gasteiger partial charge is 0.258 e. The number of hydrogen-bond acceptors (Lipinski definition) is 6. The lowest BCUT2D eigenvalue weighted by molar-refractivity contribution is 0.644. The third kappa shape index (κ3) is 2.38. The summed E-state index contributed by atoms with van der Waals surface area (Å²) in [6.45, 7) is 1.98. The third-order valence-corrected chi connectivity index (χ3v) is 5.19. The van der Waals surface area contributed by atoms with Crippen LogP contribution in [-0.4, -0.2) is 24.1 Å².